The predicted molar refractivity (Wildman–Crippen MR) is 73.9 cm³/mol. The van der Waals surface area contributed by atoms with Gasteiger partial charge in [0.25, 0.3) is 0 Å². The molecule has 0 saturated carbocycles. The lowest BCUT2D eigenvalue weighted by atomic mass is 10.2. The molecule has 5 nitrogen and oxygen atoms in total. The van der Waals surface area contributed by atoms with E-state index >= 15 is 0 Å². The highest BCUT2D eigenvalue weighted by atomic mass is 79.9. The number of benzene rings is 1. The molecular weight excluding hydrogens is 316 g/mol. The highest BCUT2D eigenvalue weighted by Crippen LogP contribution is 2.25. The summed E-state index contributed by atoms with van der Waals surface area (Å²) in [4.78, 5) is 10.8. The average molecular weight is 333 g/mol. The lowest BCUT2D eigenvalue weighted by molar-refractivity contribution is 0.0696. The molecule has 0 aliphatic rings. The highest BCUT2D eigenvalue weighted by molar-refractivity contribution is 9.10. The van der Waals surface area contributed by atoms with Crippen LogP contribution in [0.3, 0.4) is 0 Å². The third-order valence-corrected chi connectivity index (χ3v) is 2.92. The number of carbonyl (C=O) groups is 1. The topological polar surface area (TPSA) is 65.0 Å². The van der Waals surface area contributed by atoms with Gasteiger partial charge in [-0.2, -0.15) is 0 Å². The predicted octanol–water partition coefficient (Wildman–Crippen LogP) is 2.58. The summed E-state index contributed by atoms with van der Waals surface area (Å²) in [5.41, 5.74) is 0.218. The van der Waals surface area contributed by atoms with E-state index in [1.54, 1.807) is 13.2 Å². The molecule has 19 heavy (non-hydrogen) atoms. The Kier molecular flexibility index (Phi) is 7.47. The molecule has 0 bridgehead atoms. The van der Waals surface area contributed by atoms with Gasteiger partial charge in [0.2, 0.25) is 0 Å². The number of carboxylic acids is 1. The summed E-state index contributed by atoms with van der Waals surface area (Å²) in [6, 6.07) is 4.64. The summed E-state index contributed by atoms with van der Waals surface area (Å²) in [5.74, 6) is -0.362. The Balaban J connectivity index is 2.28. The Labute approximate surface area is 120 Å². The Bertz CT molecular complexity index is 408. The van der Waals surface area contributed by atoms with E-state index in [-0.39, 0.29) is 5.56 Å². The van der Waals surface area contributed by atoms with Crippen molar-refractivity contribution in [1.82, 2.24) is 0 Å². The Morgan fingerprint density at radius 2 is 2.05 bits per heavy atom. The van der Waals surface area contributed by atoms with Crippen LogP contribution in [0.1, 0.15) is 16.8 Å². The molecule has 106 valence electrons. The van der Waals surface area contributed by atoms with Crippen LogP contribution < -0.4 is 4.74 Å². The zero-order chi connectivity index (χ0) is 14.1. The Hall–Kier alpha value is -1.11. The zero-order valence-electron chi connectivity index (χ0n) is 10.7. The highest BCUT2D eigenvalue weighted by Gasteiger charge is 2.07. The van der Waals surface area contributed by atoms with Gasteiger partial charge in [-0.15, -0.1) is 0 Å². The van der Waals surface area contributed by atoms with Gasteiger partial charge in [-0.25, -0.2) is 4.79 Å². The van der Waals surface area contributed by atoms with Gasteiger partial charge < -0.3 is 19.3 Å². The summed E-state index contributed by atoms with van der Waals surface area (Å²) in [7, 11) is 1.65. The number of aromatic carboxylic acids is 1. The standard InChI is InChI=1S/C13H17BrO5/c1-17-5-2-6-18-7-8-19-12-4-3-10(13(15)16)9-11(12)14/h3-4,9H,2,5-8H2,1H3,(H,15,16). The molecule has 0 spiro atoms. The quantitative estimate of drug-likeness (QED) is 0.704. The van der Waals surface area contributed by atoms with Crippen LogP contribution in [-0.4, -0.2) is 44.6 Å². The molecule has 1 N–H and O–H groups in total. The van der Waals surface area contributed by atoms with Crippen molar-refractivity contribution in [2.24, 2.45) is 0 Å². The van der Waals surface area contributed by atoms with Crippen molar-refractivity contribution in [3.05, 3.63) is 28.2 Å². The second kappa shape index (κ2) is 8.90. The van der Waals surface area contributed by atoms with Gasteiger partial charge in [0.15, 0.2) is 0 Å². The third-order valence-electron chi connectivity index (χ3n) is 2.30. The van der Waals surface area contributed by atoms with Crippen molar-refractivity contribution in [2.45, 2.75) is 6.42 Å². The van der Waals surface area contributed by atoms with Crippen molar-refractivity contribution in [2.75, 3.05) is 33.5 Å². The Morgan fingerprint density at radius 3 is 2.68 bits per heavy atom. The van der Waals surface area contributed by atoms with E-state index in [2.05, 4.69) is 15.9 Å². The molecular formula is C13H17BrO5. The van der Waals surface area contributed by atoms with Crippen LogP contribution >= 0.6 is 15.9 Å². The van der Waals surface area contributed by atoms with Crippen LogP contribution in [0.25, 0.3) is 0 Å². The fraction of sp³-hybridized carbons (Fsp3) is 0.462. The van der Waals surface area contributed by atoms with Crippen molar-refractivity contribution in [3.8, 4) is 5.75 Å². The number of carboxylic acid groups (broad SMARTS) is 1. The summed E-state index contributed by atoms with van der Waals surface area (Å²) in [6.07, 6.45) is 0.855. The first kappa shape index (κ1) is 15.9. The molecule has 0 aromatic heterocycles. The average Bonchev–Trinajstić information content (AvgIpc) is 2.39. The lowest BCUT2D eigenvalue weighted by Gasteiger charge is -2.09. The van der Waals surface area contributed by atoms with Crippen LogP contribution in [0.4, 0.5) is 0 Å². The van der Waals surface area contributed by atoms with Crippen molar-refractivity contribution in [1.29, 1.82) is 0 Å². The molecule has 0 amide bonds. The zero-order valence-corrected chi connectivity index (χ0v) is 12.3. The van der Waals surface area contributed by atoms with E-state index in [0.29, 0.717) is 36.6 Å². The van der Waals surface area contributed by atoms with Crippen molar-refractivity contribution in [3.63, 3.8) is 0 Å². The second-order valence-electron chi connectivity index (χ2n) is 3.76. The van der Waals surface area contributed by atoms with E-state index in [9.17, 15) is 4.79 Å². The molecule has 0 heterocycles. The van der Waals surface area contributed by atoms with E-state index in [4.69, 9.17) is 19.3 Å². The number of halogens is 1. The summed E-state index contributed by atoms with van der Waals surface area (Å²) < 4.78 is 16.3. The van der Waals surface area contributed by atoms with E-state index in [1.165, 1.54) is 12.1 Å². The third kappa shape index (κ3) is 6.04. The number of ether oxygens (including phenoxy) is 3. The fourth-order valence-corrected chi connectivity index (χ4v) is 1.86. The van der Waals surface area contributed by atoms with Gasteiger partial charge in [0.05, 0.1) is 16.6 Å². The maximum absolute atomic E-state index is 10.8. The summed E-state index contributed by atoms with van der Waals surface area (Å²) >= 11 is 3.27. The largest absolute Gasteiger partial charge is 0.490 e. The molecule has 0 aliphatic carbocycles. The Morgan fingerprint density at radius 1 is 1.26 bits per heavy atom. The first-order valence-electron chi connectivity index (χ1n) is 5.87. The maximum Gasteiger partial charge on any atom is 0.335 e. The second-order valence-corrected chi connectivity index (χ2v) is 4.61. The van der Waals surface area contributed by atoms with Gasteiger partial charge in [0, 0.05) is 20.3 Å². The van der Waals surface area contributed by atoms with E-state index < -0.39 is 5.97 Å². The molecule has 0 atom stereocenters. The molecule has 1 rings (SSSR count). The summed E-state index contributed by atoms with van der Waals surface area (Å²) in [6.45, 7) is 2.22. The van der Waals surface area contributed by atoms with Gasteiger partial charge in [0.1, 0.15) is 12.4 Å². The van der Waals surface area contributed by atoms with Crippen LogP contribution in [0, 0.1) is 0 Å². The van der Waals surface area contributed by atoms with Crippen molar-refractivity contribution >= 4 is 21.9 Å². The van der Waals surface area contributed by atoms with E-state index in [1.807, 2.05) is 0 Å². The SMILES string of the molecule is COCCCOCCOc1ccc(C(=O)O)cc1Br. The van der Waals surface area contributed by atoms with Crippen LogP contribution in [-0.2, 0) is 9.47 Å². The minimum absolute atomic E-state index is 0.218. The van der Waals surface area contributed by atoms with Gasteiger partial charge in [-0.3, -0.25) is 0 Å². The molecule has 6 heteroatoms. The minimum atomic E-state index is -0.964. The lowest BCUT2D eigenvalue weighted by Crippen LogP contribution is -2.09. The molecule has 0 saturated heterocycles. The monoisotopic (exact) mass is 332 g/mol. The molecule has 1 aromatic rings. The number of hydrogen-bond donors (Lipinski definition) is 1. The molecule has 0 unspecified atom stereocenters. The first-order chi connectivity index (χ1) is 9.15. The van der Waals surface area contributed by atoms with Crippen LogP contribution in [0.15, 0.2) is 22.7 Å². The maximum atomic E-state index is 10.8. The fourth-order valence-electron chi connectivity index (χ4n) is 1.37. The molecule has 0 fully saturated rings. The molecule has 0 aliphatic heterocycles. The molecule has 0 radical (unpaired) electrons. The summed E-state index contributed by atoms with van der Waals surface area (Å²) in [5, 5.41) is 8.83. The number of rotatable bonds is 9. The first-order valence-corrected chi connectivity index (χ1v) is 6.66. The van der Waals surface area contributed by atoms with Gasteiger partial charge in [-0.05, 0) is 40.5 Å². The van der Waals surface area contributed by atoms with Crippen molar-refractivity contribution < 1.29 is 24.1 Å². The smallest absolute Gasteiger partial charge is 0.335 e. The number of hydrogen-bond acceptors (Lipinski definition) is 4. The van der Waals surface area contributed by atoms with Crippen LogP contribution in [0.2, 0.25) is 0 Å². The minimum Gasteiger partial charge on any atom is -0.490 e. The van der Waals surface area contributed by atoms with Gasteiger partial charge >= 0.3 is 5.97 Å². The van der Waals surface area contributed by atoms with Gasteiger partial charge in [-0.1, -0.05) is 0 Å². The normalized spacial score (nSPS) is 10.4. The van der Waals surface area contributed by atoms with Crippen LogP contribution in [0.5, 0.6) is 5.75 Å². The van der Waals surface area contributed by atoms with E-state index in [0.717, 1.165) is 6.42 Å². The molecule has 1 aromatic carbocycles. The number of methoxy groups -OCH3 is 1.